The van der Waals surface area contributed by atoms with E-state index in [4.69, 9.17) is 29.4 Å². The number of fused-ring (bicyclic) bond motifs is 4. The van der Waals surface area contributed by atoms with E-state index in [0.717, 1.165) is 52.2 Å². The molecule has 0 radical (unpaired) electrons. The smallest absolute Gasteiger partial charge is 0.213 e. The molecule has 0 saturated carbocycles. The second-order valence-corrected chi connectivity index (χ2v) is 7.32. The zero-order chi connectivity index (χ0) is 21.8. The molecule has 31 heavy (non-hydrogen) atoms. The van der Waals surface area contributed by atoms with Gasteiger partial charge in [-0.2, -0.15) is 4.57 Å². The van der Waals surface area contributed by atoms with Crippen LogP contribution in [-0.2, 0) is 17.7 Å². The average Bonchev–Trinajstić information content (AvgIpc) is 2.81. The van der Waals surface area contributed by atoms with Crippen molar-refractivity contribution >= 4 is 10.8 Å². The highest BCUT2D eigenvalue weighted by Crippen LogP contribution is 2.40. The summed E-state index contributed by atoms with van der Waals surface area (Å²) in [7, 11) is 4.99. The number of nitrogens with two attached hydrogens (primary N) is 1. The molecule has 1 aliphatic rings. The van der Waals surface area contributed by atoms with Gasteiger partial charge in [0.1, 0.15) is 6.61 Å². The summed E-state index contributed by atoms with van der Waals surface area (Å²) in [6.07, 6.45) is 3.04. The zero-order valence-electron chi connectivity index (χ0n) is 18.3. The lowest BCUT2D eigenvalue weighted by atomic mass is 9.95. The van der Waals surface area contributed by atoms with Gasteiger partial charge >= 0.3 is 0 Å². The van der Waals surface area contributed by atoms with Gasteiger partial charge in [-0.25, -0.2) is 0 Å². The van der Waals surface area contributed by atoms with Gasteiger partial charge in [0.2, 0.25) is 5.69 Å². The summed E-state index contributed by atoms with van der Waals surface area (Å²) in [6, 6.07) is 10.3. The molecule has 0 atom stereocenters. The number of nitrogens with zero attached hydrogens (tertiary/aromatic N) is 1. The van der Waals surface area contributed by atoms with Crippen molar-refractivity contribution in [2.24, 2.45) is 5.73 Å². The third kappa shape index (κ3) is 4.11. The molecule has 164 valence electrons. The summed E-state index contributed by atoms with van der Waals surface area (Å²) in [5, 5.41) is 2.12. The number of ether oxygens (including phenoxy) is 5. The Hall–Kier alpha value is -3.03. The van der Waals surface area contributed by atoms with Gasteiger partial charge in [-0.05, 0) is 35.2 Å². The lowest BCUT2D eigenvalue weighted by Crippen LogP contribution is -2.40. The van der Waals surface area contributed by atoms with Crippen LogP contribution in [0.3, 0.4) is 0 Å². The lowest BCUT2D eigenvalue weighted by Gasteiger charge is -2.19. The highest BCUT2D eigenvalue weighted by molar-refractivity contribution is 5.91. The van der Waals surface area contributed by atoms with Crippen LogP contribution in [0.2, 0.25) is 0 Å². The molecule has 7 nitrogen and oxygen atoms in total. The first-order valence-corrected chi connectivity index (χ1v) is 10.4. The number of pyridine rings is 1. The summed E-state index contributed by atoms with van der Waals surface area (Å²) >= 11 is 0. The minimum absolute atomic E-state index is 0.451. The second kappa shape index (κ2) is 9.41. The quantitative estimate of drug-likeness (QED) is 0.420. The van der Waals surface area contributed by atoms with Gasteiger partial charge in [0.25, 0.3) is 0 Å². The van der Waals surface area contributed by atoms with E-state index in [1.165, 1.54) is 5.56 Å². The first-order valence-electron chi connectivity index (χ1n) is 10.4. The first kappa shape index (κ1) is 21.2. The summed E-state index contributed by atoms with van der Waals surface area (Å²) < 4.78 is 30.3. The minimum atomic E-state index is 0.451. The van der Waals surface area contributed by atoms with Crippen molar-refractivity contribution in [1.82, 2.24) is 0 Å². The Morgan fingerprint density at radius 2 is 1.74 bits per heavy atom. The van der Waals surface area contributed by atoms with Crippen molar-refractivity contribution in [1.29, 1.82) is 0 Å². The Kier molecular flexibility index (Phi) is 6.44. The SMILES string of the molecule is COc1cc2c(cc1OCCOCCN)CC[n+]1cc3c(OC)c(OC)ccc3cc1-2. The maximum absolute atomic E-state index is 5.93. The molecule has 3 aromatic rings. The van der Waals surface area contributed by atoms with Crippen LogP contribution in [0.25, 0.3) is 22.0 Å². The predicted molar refractivity (Wildman–Crippen MR) is 118 cm³/mol. The molecular weight excluding hydrogens is 396 g/mol. The second-order valence-electron chi connectivity index (χ2n) is 7.32. The topological polar surface area (TPSA) is 76.1 Å². The van der Waals surface area contributed by atoms with Crippen molar-refractivity contribution in [3.8, 4) is 34.3 Å². The molecule has 1 aliphatic heterocycles. The molecule has 7 heteroatoms. The van der Waals surface area contributed by atoms with E-state index in [1.54, 1.807) is 21.3 Å². The summed E-state index contributed by atoms with van der Waals surface area (Å²) in [6.45, 7) is 2.85. The van der Waals surface area contributed by atoms with E-state index >= 15 is 0 Å². The van der Waals surface area contributed by atoms with Gasteiger partial charge in [-0.1, -0.05) is 0 Å². The number of benzene rings is 2. The Labute approximate surface area is 182 Å². The highest BCUT2D eigenvalue weighted by Gasteiger charge is 2.27. The van der Waals surface area contributed by atoms with E-state index < -0.39 is 0 Å². The van der Waals surface area contributed by atoms with Gasteiger partial charge in [-0.3, -0.25) is 0 Å². The number of hydrogen-bond acceptors (Lipinski definition) is 6. The van der Waals surface area contributed by atoms with Gasteiger partial charge in [0.15, 0.2) is 35.7 Å². The fourth-order valence-electron chi connectivity index (χ4n) is 4.05. The molecule has 0 amide bonds. The third-order valence-corrected chi connectivity index (χ3v) is 5.54. The van der Waals surface area contributed by atoms with E-state index in [9.17, 15) is 0 Å². The molecule has 0 fully saturated rings. The van der Waals surface area contributed by atoms with Gasteiger partial charge in [-0.15, -0.1) is 0 Å². The monoisotopic (exact) mass is 425 g/mol. The van der Waals surface area contributed by atoms with Crippen molar-refractivity contribution in [2.45, 2.75) is 13.0 Å². The predicted octanol–water partition coefficient (Wildman–Crippen LogP) is 2.73. The van der Waals surface area contributed by atoms with Crippen LogP contribution in [0, 0.1) is 0 Å². The molecule has 1 aromatic heterocycles. The lowest BCUT2D eigenvalue weighted by molar-refractivity contribution is -0.686. The summed E-state index contributed by atoms with van der Waals surface area (Å²) in [5.41, 5.74) is 8.96. The fraction of sp³-hybridized carbons (Fsp3) is 0.375. The average molecular weight is 426 g/mol. The van der Waals surface area contributed by atoms with E-state index in [-0.39, 0.29) is 0 Å². The van der Waals surface area contributed by atoms with E-state index in [1.807, 2.05) is 6.07 Å². The van der Waals surface area contributed by atoms with Crippen LogP contribution in [0.1, 0.15) is 5.56 Å². The number of hydrogen-bond donors (Lipinski definition) is 1. The molecule has 0 bridgehead atoms. The Bertz CT molecular complexity index is 1080. The standard InChI is InChI=1S/C24H29N2O5/c1-27-21-5-4-16-12-20-18-14-22(28-2)23(31-11-10-30-9-7-25)13-17(18)6-8-26(20)15-19(16)24(21)29-3/h4-5,12-15H,6-11,25H2,1-3H3/q+1. The molecule has 2 aromatic carbocycles. The molecule has 0 saturated heterocycles. The van der Waals surface area contributed by atoms with Crippen LogP contribution in [0.5, 0.6) is 23.0 Å². The highest BCUT2D eigenvalue weighted by atomic mass is 16.5. The van der Waals surface area contributed by atoms with E-state index in [2.05, 4.69) is 35.0 Å². The van der Waals surface area contributed by atoms with Crippen molar-refractivity contribution in [3.63, 3.8) is 0 Å². The number of methoxy groups -OCH3 is 3. The number of aromatic nitrogens is 1. The Balaban J connectivity index is 1.71. The minimum Gasteiger partial charge on any atom is -0.493 e. The molecule has 2 N–H and O–H groups in total. The zero-order valence-corrected chi connectivity index (χ0v) is 18.3. The molecule has 0 spiro atoms. The first-order chi connectivity index (χ1) is 15.2. The summed E-state index contributed by atoms with van der Waals surface area (Å²) in [5.74, 6) is 2.92. The van der Waals surface area contributed by atoms with Gasteiger partial charge in [0, 0.05) is 19.0 Å². The molecular formula is C24H29N2O5+. The number of aryl methyl sites for hydroxylation is 2. The summed E-state index contributed by atoms with van der Waals surface area (Å²) in [4.78, 5) is 0. The normalized spacial score (nSPS) is 12.3. The molecule has 0 aliphatic carbocycles. The Morgan fingerprint density at radius 3 is 2.48 bits per heavy atom. The van der Waals surface area contributed by atoms with Crippen molar-refractivity contribution in [2.75, 3.05) is 47.7 Å². The maximum Gasteiger partial charge on any atom is 0.213 e. The maximum atomic E-state index is 5.93. The van der Waals surface area contributed by atoms with Crippen LogP contribution >= 0.6 is 0 Å². The van der Waals surface area contributed by atoms with Crippen LogP contribution in [-0.4, -0.2) is 47.7 Å². The molecule has 4 rings (SSSR count). The fourth-order valence-corrected chi connectivity index (χ4v) is 4.05. The molecule has 0 unspecified atom stereocenters. The van der Waals surface area contributed by atoms with Crippen molar-refractivity contribution < 1.29 is 28.3 Å². The number of rotatable bonds is 9. The van der Waals surface area contributed by atoms with Crippen molar-refractivity contribution in [3.05, 3.63) is 42.1 Å². The van der Waals surface area contributed by atoms with Crippen LogP contribution < -0.4 is 29.2 Å². The van der Waals surface area contributed by atoms with Gasteiger partial charge < -0.3 is 29.4 Å². The third-order valence-electron chi connectivity index (χ3n) is 5.54. The van der Waals surface area contributed by atoms with Crippen LogP contribution in [0.15, 0.2) is 36.5 Å². The largest absolute Gasteiger partial charge is 0.493 e. The molecule has 2 heterocycles. The van der Waals surface area contributed by atoms with Gasteiger partial charge in [0.05, 0.1) is 45.5 Å². The van der Waals surface area contributed by atoms with E-state index in [0.29, 0.717) is 32.1 Å². The van der Waals surface area contributed by atoms with Crippen LogP contribution in [0.4, 0.5) is 0 Å². The Morgan fingerprint density at radius 1 is 0.903 bits per heavy atom.